The minimum absolute atomic E-state index is 0.365. The predicted molar refractivity (Wildman–Crippen MR) is 83.5 cm³/mol. The van der Waals surface area contributed by atoms with Crippen molar-refractivity contribution in [2.24, 2.45) is 0 Å². The van der Waals surface area contributed by atoms with E-state index in [1.807, 2.05) is 24.1 Å². The van der Waals surface area contributed by atoms with Gasteiger partial charge < -0.3 is 15.4 Å². The normalized spacial score (nSPS) is 10.3. The molecule has 0 saturated carbocycles. The first kappa shape index (κ1) is 14.4. The Morgan fingerprint density at radius 3 is 2.85 bits per heavy atom. The van der Waals surface area contributed by atoms with E-state index in [1.54, 1.807) is 23.5 Å². The van der Waals surface area contributed by atoms with Crippen molar-refractivity contribution < 1.29 is 9.53 Å². The Bertz CT molecular complexity index is 582. The van der Waals surface area contributed by atoms with Gasteiger partial charge in [-0.1, -0.05) is 6.07 Å². The Kier molecular flexibility index (Phi) is 4.63. The number of nitrogens with two attached hydrogens (primary N) is 1. The molecule has 0 fully saturated rings. The van der Waals surface area contributed by atoms with E-state index in [2.05, 4.69) is 11.4 Å². The van der Waals surface area contributed by atoms with Crippen LogP contribution in [0.5, 0.6) is 0 Å². The zero-order valence-electron chi connectivity index (χ0n) is 11.6. The summed E-state index contributed by atoms with van der Waals surface area (Å²) in [6, 6.07) is 9.47. The van der Waals surface area contributed by atoms with Gasteiger partial charge in [-0.25, -0.2) is 4.79 Å². The fourth-order valence-electron chi connectivity index (χ4n) is 2.01. The Hall–Kier alpha value is -2.01. The number of ether oxygens (including phenoxy) is 1. The summed E-state index contributed by atoms with van der Waals surface area (Å²) < 4.78 is 4.81. The number of thiophene rings is 1. The van der Waals surface area contributed by atoms with Crippen molar-refractivity contribution in [2.75, 3.05) is 31.3 Å². The lowest BCUT2D eigenvalue weighted by molar-refractivity contribution is 0.0601. The number of hydrogen-bond donors (Lipinski definition) is 1. The van der Waals surface area contributed by atoms with Crippen LogP contribution in [-0.4, -0.2) is 26.7 Å². The number of nitrogen functional groups attached to an aromatic ring is 1. The van der Waals surface area contributed by atoms with Crippen molar-refractivity contribution >= 4 is 28.7 Å². The number of nitrogens with zero attached hydrogens (tertiary/aromatic N) is 1. The molecule has 1 aromatic heterocycles. The van der Waals surface area contributed by atoms with Crippen LogP contribution in [0.4, 0.5) is 11.4 Å². The van der Waals surface area contributed by atoms with Crippen molar-refractivity contribution in [1.29, 1.82) is 0 Å². The third-order valence-corrected chi connectivity index (χ3v) is 4.05. The summed E-state index contributed by atoms with van der Waals surface area (Å²) in [4.78, 5) is 15.2. The van der Waals surface area contributed by atoms with E-state index in [-0.39, 0.29) is 5.97 Å². The van der Waals surface area contributed by atoms with Gasteiger partial charge >= 0.3 is 5.97 Å². The van der Waals surface area contributed by atoms with Crippen LogP contribution >= 0.6 is 11.3 Å². The van der Waals surface area contributed by atoms with Crippen LogP contribution in [0.3, 0.4) is 0 Å². The van der Waals surface area contributed by atoms with Crippen LogP contribution in [0.15, 0.2) is 35.7 Å². The summed E-state index contributed by atoms with van der Waals surface area (Å²) in [5.41, 5.74) is 7.64. The molecule has 0 aliphatic carbocycles. The Morgan fingerprint density at radius 1 is 1.40 bits per heavy atom. The first-order valence-electron chi connectivity index (χ1n) is 6.33. The molecule has 0 unspecified atom stereocenters. The molecule has 1 aromatic carbocycles. The largest absolute Gasteiger partial charge is 0.465 e. The van der Waals surface area contributed by atoms with E-state index in [1.165, 1.54) is 12.0 Å². The van der Waals surface area contributed by atoms with Gasteiger partial charge in [0, 0.05) is 24.2 Å². The number of carbonyl (C=O) groups is 1. The molecule has 2 rings (SSSR count). The number of benzene rings is 1. The Labute approximate surface area is 122 Å². The Balaban J connectivity index is 2.16. The van der Waals surface area contributed by atoms with Crippen LogP contribution < -0.4 is 10.6 Å². The molecule has 106 valence electrons. The van der Waals surface area contributed by atoms with Crippen molar-refractivity contribution in [2.45, 2.75) is 6.42 Å². The number of methoxy groups -OCH3 is 1. The van der Waals surface area contributed by atoms with E-state index >= 15 is 0 Å². The second-order valence-electron chi connectivity index (χ2n) is 4.52. The SMILES string of the molecule is COC(=O)c1cc(N)ccc1N(C)CCc1cccs1. The third-order valence-electron chi connectivity index (χ3n) is 3.11. The lowest BCUT2D eigenvalue weighted by atomic mass is 10.1. The summed E-state index contributed by atoms with van der Waals surface area (Å²) >= 11 is 1.74. The molecule has 5 heteroatoms. The zero-order chi connectivity index (χ0) is 14.5. The minimum Gasteiger partial charge on any atom is -0.465 e. The number of likely N-dealkylation sites (N-methyl/N-ethyl adjacent to an activating group) is 1. The molecular weight excluding hydrogens is 272 g/mol. The molecule has 0 aliphatic heterocycles. The molecule has 1 heterocycles. The molecule has 0 aliphatic rings. The fraction of sp³-hybridized carbons (Fsp3) is 0.267. The van der Waals surface area contributed by atoms with Crippen LogP contribution in [0.25, 0.3) is 0 Å². The van der Waals surface area contributed by atoms with Gasteiger partial charge in [0.1, 0.15) is 0 Å². The number of rotatable bonds is 5. The topological polar surface area (TPSA) is 55.6 Å². The highest BCUT2D eigenvalue weighted by Crippen LogP contribution is 2.23. The maximum atomic E-state index is 11.8. The number of esters is 1. The molecule has 20 heavy (non-hydrogen) atoms. The van der Waals surface area contributed by atoms with E-state index in [0.29, 0.717) is 11.3 Å². The van der Waals surface area contributed by atoms with E-state index < -0.39 is 0 Å². The molecule has 0 amide bonds. The van der Waals surface area contributed by atoms with Crippen molar-refractivity contribution in [1.82, 2.24) is 0 Å². The molecule has 2 aromatic rings. The van der Waals surface area contributed by atoms with Gasteiger partial charge in [-0.2, -0.15) is 0 Å². The monoisotopic (exact) mass is 290 g/mol. The predicted octanol–water partition coefficient (Wildman–Crippen LogP) is 2.80. The summed E-state index contributed by atoms with van der Waals surface area (Å²) in [6.07, 6.45) is 0.944. The standard InChI is InChI=1S/C15H18N2O2S/c1-17(8-7-12-4-3-9-20-12)14-6-5-11(16)10-13(14)15(18)19-2/h3-6,9-10H,7-8,16H2,1-2H3. The molecule has 0 saturated heterocycles. The molecule has 0 atom stereocenters. The van der Waals surface area contributed by atoms with Crippen molar-refractivity contribution in [3.05, 3.63) is 46.2 Å². The molecular formula is C15H18N2O2S. The molecule has 2 N–H and O–H groups in total. The average molecular weight is 290 g/mol. The van der Waals surface area contributed by atoms with Gasteiger partial charge in [0.25, 0.3) is 0 Å². The highest BCUT2D eigenvalue weighted by Gasteiger charge is 2.15. The van der Waals surface area contributed by atoms with Crippen LogP contribution in [0.1, 0.15) is 15.2 Å². The quantitative estimate of drug-likeness (QED) is 0.679. The lowest BCUT2D eigenvalue weighted by Crippen LogP contribution is -2.23. The summed E-state index contributed by atoms with van der Waals surface area (Å²) in [5, 5.41) is 2.07. The highest BCUT2D eigenvalue weighted by molar-refractivity contribution is 7.09. The molecule has 0 bridgehead atoms. The summed E-state index contributed by atoms with van der Waals surface area (Å²) in [7, 11) is 3.34. The number of carbonyl (C=O) groups excluding carboxylic acids is 1. The number of anilines is 2. The fourth-order valence-corrected chi connectivity index (χ4v) is 2.71. The van der Waals surface area contributed by atoms with E-state index in [0.717, 1.165) is 18.7 Å². The van der Waals surface area contributed by atoms with Gasteiger partial charge in [-0.3, -0.25) is 0 Å². The van der Waals surface area contributed by atoms with Crippen LogP contribution in [0.2, 0.25) is 0 Å². The van der Waals surface area contributed by atoms with Gasteiger partial charge in [-0.05, 0) is 36.1 Å². The van der Waals surface area contributed by atoms with Crippen molar-refractivity contribution in [3.8, 4) is 0 Å². The first-order valence-corrected chi connectivity index (χ1v) is 7.21. The van der Waals surface area contributed by atoms with Gasteiger partial charge in [-0.15, -0.1) is 11.3 Å². The second-order valence-corrected chi connectivity index (χ2v) is 5.55. The average Bonchev–Trinajstić information content (AvgIpc) is 2.97. The summed E-state index contributed by atoms with van der Waals surface area (Å²) in [5.74, 6) is -0.365. The molecule has 0 radical (unpaired) electrons. The van der Waals surface area contributed by atoms with Crippen LogP contribution in [0, 0.1) is 0 Å². The van der Waals surface area contributed by atoms with Gasteiger partial charge in [0.2, 0.25) is 0 Å². The lowest BCUT2D eigenvalue weighted by Gasteiger charge is -2.21. The van der Waals surface area contributed by atoms with Crippen molar-refractivity contribution in [3.63, 3.8) is 0 Å². The minimum atomic E-state index is -0.365. The zero-order valence-corrected chi connectivity index (χ0v) is 12.4. The molecule has 0 spiro atoms. The highest BCUT2D eigenvalue weighted by atomic mass is 32.1. The smallest absolute Gasteiger partial charge is 0.340 e. The molecule has 4 nitrogen and oxygen atoms in total. The second kappa shape index (κ2) is 6.43. The van der Waals surface area contributed by atoms with Crippen LogP contribution in [-0.2, 0) is 11.2 Å². The Morgan fingerprint density at radius 2 is 2.20 bits per heavy atom. The number of hydrogen-bond acceptors (Lipinski definition) is 5. The van der Waals surface area contributed by atoms with Gasteiger partial charge in [0.15, 0.2) is 0 Å². The van der Waals surface area contributed by atoms with E-state index in [4.69, 9.17) is 10.5 Å². The third kappa shape index (κ3) is 3.30. The summed E-state index contributed by atoms with van der Waals surface area (Å²) in [6.45, 7) is 0.828. The maximum Gasteiger partial charge on any atom is 0.340 e. The van der Waals surface area contributed by atoms with E-state index in [9.17, 15) is 4.79 Å². The maximum absolute atomic E-state index is 11.8. The van der Waals surface area contributed by atoms with Gasteiger partial charge in [0.05, 0.1) is 18.4 Å². The first-order chi connectivity index (χ1) is 9.61.